The standard InChI is InChI=1S/C14H15ClN4O3/c1-9-13(19(21)22)10(2)18(17-9)8-7-16-14(20)11-5-3-4-6-12(11)15/h3-6H,7-8H2,1-2H3,(H,16,20). The molecule has 0 atom stereocenters. The van der Waals surface area contributed by atoms with Crippen LogP contribution in [-0.2, 0) is 6.54 Å². The van der Waals surface area contributed by atoms with E-state index in [0.717, 1.165) is 0 Å². The van der Waals surface area contributed by atoms with Crippen molar-refractivity contribution in [1.29, 1.82) is 0 Å². The molecule has 1 aromatic heterocycles. The van der Waals surface area contributed by atoms with Crippen LogP contribution in [0.5, 0.6) is 0 Å². The van der Waals surface area contributed by atoms with Crippen LogP contribution < -0.4 is 5.32 Å². The number of carbonyl (C=O) groups is 1. The van der Waals surface area contributed by atoms with E-state index >= 15 is 0 Å². The molecule has 0 aliphatic carbocycles. The van der Waals surface area contributed by atoms with Crippen molar-refractivity contribution in [3.63, 3.8) is 0 Å². The quantitative estimate of drug-likeness (QED) is 0.676. The van der Waals surface area contributed by atoms with Gasteiger partial charge in [0.05, 0.1) is 22.1 Å². The number of hydrogen-bond donors (Lipinski definition) is 1. The Morgan fingerprint density at radius 1 is 1.41 bits per heavy atom. The number of benzene rings is 1. The maximum atomic E-state index is 12.0. The molecule has 1 amide bonds. The SMILES string of the molecule is Cc1nn(CCNC(=O)c2ccccc2Cl)c(C)c1[N+](=O)[O-]. The minimum absolute atomic E-state index is 0.0115. The number of rotatable bonds is 5. The Morgan fingerprint density at radius 3 is 2.68 bits per heavy atom. The molecule has 0 spiro atoms. The van der Waals surface area contributed by atoms with E-state index in [4.69, 9.17) is 11.6 Å². The second kappa shape index (κ2) is 6.57. The number of amides is 1. The van der Waals surface area contributed by atoms with Gasteiger partial charge in [-0.05, 0) is 26.0 Å². The van der Waals surface area contributed by atoms with Crippen molar-refractivity contribution < 1.29 is 9.72 Å². The fourth-order valence-electron chi connectivity index (χ4n) is 2.19. The molecule has 0 aliphatic rings. The summed E-state index contributed by atoms with van der Waals surface area (Å²) in [6.45, 7) is 3.86. The topological polar surface area (TPSA) is 90.1 Å². The number of nitrogens with zero attached hydrogens (tertiary/aromatic N) is 3. The van der Waals surface area contributed by atoms with Gasteiger partial charge < -0.3 is 5.32 Å². The molecular weight excluding hydrogens is 308 g/mol. The Morgan fingerprint density at radius 2 is 2.09 bits per heavy atom. The Balaban J connectivity index is 2.00. The van der Waals surface area contributed by atoms with Crippen LogP contribution in [-0.4, -0.2) is 27.2 Å². The molecule has 2 aromatic rings. The number of halogens is 1. The Bertz CT molecular complexity index is 727. The van der Waals surface area contributed by atoms with Gasteiger partial charge >= 0.3 is 5.69 Å². The molecule has 1 N–H and O–H groups in total. The summed E-state index contributed by atoms with van der Waals surface area (Å²) in [5.74, 6) is -0.290. The maximum absolute atomic E-state index is 12.0. The third-order valence-electron chi connectivity index (χ3n) is 3.25. The molecule has 0 bridgehead atoms. The Kier molecular flexibility index (Phi) is 4.77. The lowest BCUT2D eigenvalue weighted by molar-refractivity contribution is -0.386. The monoisotopic (exact) mass is 322 g/mol. The van der Waals surface area contributed by atoms with E-state index in [1.54, 1.807) is 38.1 Å². The van der Waals surface area contributed by atoms with Crippen LogP contribution in [0.4, 0.5) is 5.69 Å². The summed E-state index contributed by atoms with van der Waals surface area (Å²) in [6, 6.07) is 6.74. The van der Waals surface area contributed by atoms with Crippen molar-refractivity contribution in [2.75, 3.05) is 6.54 Å². The molecule has 1 aromatic carbocycles. The lowest BCUT2D eigenvalue weighted by Crippen LogP contribution is -2.28. The second-order valence-electron chi connectivity index (χ2n) is 4.74. The van der Waals surface area contributed by atoms with Crippen LogP contribution in [0.25, 0.3) is 0 Å². The number of aryl methyl sites for hydroxylation is 1. The largest absolute Gasteiger partial charge is 0.350 e. The summed E-state index contributed by atoms with van der Waals surface area (Å²) in [7, 11) is 0. The predicted molar refractivity (Wildman–Crippen MR) is 82.1 cm³/mol. The first kappa shape index (κ1) is 16.0. The first-order valence-corrected chi connectivity index (χ1v) is 7.00. The molecule has 1 heterocycles. The third kappa shape index (κ3) is 3.25. The zero-order valence-corrected chi connectivity index (χ0v) is 12.9. The number of nitrogens with one attached hydrogen (secondary N) is 1. The smallest absolute Gasteiger partial charge is 0.312 e. The van der Waals surface area contributed by atoms with Crippen LogP contribution in [0.2, 0.25) is 5.02 Å². The van der Waals surface area contributed by atoms with Gasteiger partial charge in [0.15, 0.2) is 0 Å². The average Bonchev–Trinajstić information content (AvgIpc) is 2.73. The van der Waals surface area contributed by atoms with E-state index in [2.05, 4.69) is 10.4 Å². The fourth-order valence-corrected chi connectivity index (χ4v) is 2.41. The molecule has 0 radical (unpaired) electrons. The van der Waals surface area contributed by atoms with Crippen molar-refractivity contribution >= 4 is 23.2 Å². The first-order chi connectivity index (χ1) is 10.4. The molecule has 0 unspecified atom stereocenters. The summed E-state index contributed by atoms with van der Waals surface area (Å²) in [4.78, 5) is 22.5. The van der Waals surface area contributed by atoms with Gasteiger partial charge in [0, 0.05) is 6.54 Å². The van der Waals surface area contributed by atoms with E-state index in [1.807, 2.05) is 0 Å². The summed E-state index contributed by atoms with van der Waals surface area (Å²) < 4.78 is 1.51. The number of hydrogen-bond acceptors (Lipinski definition) is 4. The molecule has 8 heteroatoms. The molecule has 0 fully saturated rings. The minimum Gasteiger partial charge on any atom is -0.350 e. The van der Waals surface area contributed by atoms with Crippen molar-refractivity contribution in [3.05, 3.63) is 56.4 Å². The number of aromatic nitrogens is 2. The highest BCUT2D eigenvalue weighted by Crippen LogP contribution is 2.21. The molecule has 2 rings (SSSR count). The van der Waals surface area contributed by atoms with E-state index in [9.17, 15) is 14.9 Å². The predicted octanol–water partition coefficient (Wildman–Crippen LogP) is 2.49. The molecule has 7 nitrogen and oxygen atoms in total. The third-order valence-corrected chi connectivity index (χ3v) is 3.58. The van der Waals surface area contributed by atoms with Gasteiger partial charge in [-0.3, -0.25) is 19.6 Å². The van der Waals surface area contributed by atoms with Gasteiger partial charge in [-0.1, -0.05) is 23.7 Å². The number of carbonyl (C=O) groups excluding carboxylic acids is 1. The van der Waals surface area contributed by atoms with Crippen molar-refractivity contribution in [3.8, 4) is 0 Å². The van der Waals surface area contributed by atoms with Crippen LogP contribution >= 0.6 is 11.6 Å². The van der Waals surface area contributed by atoms with Gasteiger partial charge in [0.1, 0.15) is 11.4 Å². The Hall–Kier alpha value is -2.41. The van der Waals surface area contributed by atoms with E-state index in [-0.39, 0.29) is 11.6 Å². The van der Waals surface area contributed by atoms with Crippen molar-refractivity contribution in [2.24, 2.45) is 0 Å². The van der Waals surface area contributed by atoms with Gasteiger partial charge in [-0.2, -0.15) is 5.10 Å². The van der Waals surface area contributed by atoms with Crippen LogP contribution in [0.1, 0.15) is 21.7 Å². The molecular formula is C14H15ClN4O3. The fraction of sp³-hybridized carbons (Fsp3) is 0.286. The highest BCUT2D eigenvalue weighted by Gasteiger charge is 2.21. The summed E-state index contributed by atoms with van der Waals surface area (Å²) >= 11 is 5.95. The lowest BCUT2D eigenvalue weighted by atomic mass is 10.2. The maximum Gasteiger partial charge on any atom is 0.312 e. The molecule has 0 saturated heterocycles. The molecule has 116 valence electrons. The van der Waals surface area contributed by atoms with Crippen LogP contribution in [0, 0.1) is 24.0 Å². The summed E-state index contributed by atoms with van der Waals surface area (Å²) in [5.41, 5.74) is 1.23. The summed E-state index contributed by atoms with van der Waals surface area (Å²) in [5, 5.41) is 18.1. The molecule has 0 saturated carbocycles. The van der Waals surface area contributed by atoms with Crippen LogP contribution in [0.3, 0.4) is 0 Å². The Labute approximate surface area is 132 Å². The highest BCUT2D eigenvalue weighted by atomic mass is 35.5. The van der Waals surface area contributed by atoms with Gasteiger partial charge in [0.25, 0.3) is 5.91 Å². The van der Waals surface area contributed by atoms with Gasteiger partial charge in [0.2, 0.25) is 0 Å². The zero-order chi connectivity index (χ0) is 16.3. The van der Waals surface area contributed by atoms with Crippen molar-refractivity contribution in [2.45, 2.75) is 20.4 Å². The number of nitro groups is 1. The van der Waals surface area contributed by atoms with E-state index in [1.165, 1.54) is 4.68 Å². The molecule has 0 aliphatic heterocycles. The van der Waals surface area contributed by atoms with Gasteiger partial charge in [-0.25, -0.2) is 0 Å². The average molecular weight is 323 g/mol. The molecule has 22 heavy (non-hydrogen) atoms. The second-order valence-corrected chi connectivity index (χ2v) is 5.14. The normalized spacial score (nSPS) is 10.5. The van der Waals surface area contributed by atoms with Crippen LogP contribution in [0.15, 0.2) is 24.3 Å². The van der Waals surface area contributed by atoms with E-state index < -0.39 is 4.92 Å². The first-order valence-electron chi connectivity index (χ1n) is 6.63. The van der Waals surface area contributed by atoms with E-state index in [0.29, 0.717) is 35.1 Å². The highest BCUT2D eigenvalue weighted by molar-refractivity contribution is 6.33. The van der Waals surface area contributed by atoms with Gasteiger partial charge in [-0.15, -0.1) is 0 Å². The zero-order valence-electron chi connectivity index (χ0n) is 12.2. The minimum atomic E-state index is -0.448. The lowest BCUT2D eigenvalue weighted by Gasteiger charge is -2.07. The summed E-state index contributed by atoms with van der Waals surface area (Å²) in [6.07, 6.45) is 0. The van der Waals surface area contributed by atoms with Crippen molar-refractivity contribution in [1.82, 2.24) is 15.1 Å².